The van der Waals surface area contributed by atoms with Crippen LogP contribution in [0.4, 0.5) is 17.1 Å². The SMILES string of the molecule is Cc1ccc(C#N)c(Nc2ccc3c(c2)CCCN3)c1. The summed E-state index contributed by atoms with van der Waals surface area (Å²) in [7, 11) is 0. The summed E-state index contributed by atoms with van der Waals surface area (Å²) >= 11 is 0. The van der Waals surface area contributed by atoms with Crippen LogP contribution < -0.4 is 10.6 Å². The number of hydrogen-bond acceptors (Lipinski definition) is 3. The highest BCUT2D eigenvalue weighted by Crippen LogP contribution is 2.28. The Bertz CT molecular complexity index is 683. The fourth-order valence-corrected chi connectivity index (χ4v) is 2.57. The molecule has 3 nitrogen and oxygen atoms in total. The summed E-state index contributed by atoms with van der Waals surface area (Å²) in [6.45, 7) is 3.08. The maximum atomic E-state index is 9.18. The third-order valence-electron chi connectivity index (χ3n) is 3.62. The largest absolute Gasteiger partial charge is 0.385 e. The van der Waals surface area contributed by atoms with Crippen molar-refractivity contribution >= 4 is 17.1 Å². The normalized spacial score (nSPS) is 13.0. The summed E-state index contributed by atoms with van der Waals surface area (Å²) < 4.78 is 0. The molecule has 0 saturated carbocycles. The first-order chi connectivity index (χ1) is 9.76. The Morgan fingerprint density at radius 2 is 2.10 bits per heavy atom. The number of hydrogen-bond donors (Lipinski definition) is 2. The second kappa shape index (κ2) is 5.26. The maximum Gasteiger partial charge on any atom is 0.101 e. The van der Waals surface area contributed by atoms with Gasteiger partial charge in [-0.1, -0.05) is 6.07 Å². The number of aryl methyl sites for hydroxylation is 2. The van der Waals surface area contributed by atoms with E-state index in [1.807, 2.05) is 25.1 Å². The summed E-state index contributed by atoms with van der Waals surface area (Å²) in [5, 5.41) is 15.9. The first-order valence-electron chi connectivity index (χ1n) is 6.91. The van der Waals surface area contributed by atoms with Crippen LogP contribution in [-0.4, -0.2) is 6.54 Å². The second-order valence-corrected chi connectivity index (χ2v) is 5.19. The van der Waals surface area contributed by atoms with Crippen LogP contribution in [-0.2, 0) is 6.42 Å². The molecule has 1 heterocycles. The Labute approximate surface area is 119 Å². The first kappa shape index (κ1) is 12.6. The highest BCUT2D eigenvalue weighted by molar-refractivity contribution is 5.70. The van der Waals surface area contributed by atoms with Crippen LogP contribution in [0.3, 0.4) is 0 Å². The molecule has 2 aromatic carbocycles. The summed E-state index contributed by atoms with van der Waals surface area (Å²) in [4.78, 5) is 0. The van der Waals surface area contributed by atoms with Crippen molar-refractivity contribution in [2.45, 2.75) is 19.8 Å². The van der Waals surface area contributed by atoms with Crippen molar-refractivity contribution in [1.29, 1.82) is 5.26 Å². The van der Waals surface area contributed by atoms with Gasteiger partial charge in [0, 0.05) is 17.9 Å². The molecule has 0 spiro atoms. The van der Waals surface area contributed by atoms with E-state index < -0.39 is 0 Å². The fraction of sp³-hybridized carbons (Fsp3) is 0.235. The van der Waals surface area contributed by atoms with Crippen LogP contribution in [0.2, 0.25) is 0 Å². The van der Waals surface area contributed by atoms with E-state index in [4.69, 9.17) is 0 Å². The lowest BCUT2D eigenvalue weighted by molar-refractivity contribution is 0.830. The number of nitrogens with one attached hydrogen (secondary N) is 2. The molecular formula is C17H17N3. The molecule has 2 aromatic rings. The number of nitriles is 1. The van der Waals surface area contributed by atoms with Crippen molar-refractivity contribution in [2.24, 2.45) is 0 Å². The molecule has 0 atom stereocenters. The van der Waals surface area contributed by atoms with Crippen LogP contribution in [0.1, 0.15) is 23.1 Å². The van der Waals surface area contributed by atoms with Crippen molar-refractivity contribution in [3.8, 4) is 6.07 Å². The Morgan fingerprint density at radius 3 is 2.95 bits per heavy atom. The number of fused-ring (bicyclic) bond motifs is 1. The quantitative estimate of drug-likeness (QED) is 0.862. The minimum Gasteiger partial charge on any atom is -0.385 e. The van der Waals surface area contributed by atoms with E-state index >= 15 is 0 Å². The molecule has 1 aliphatic rings. The van der Waals surface area contributed by atoms with E-state index in [2.05, 4.69) is 34.9 Å². The van der Waals surface area contributed by atoms with E-state index in [9.17, 15) is 5.26 Å². The minimum atomic E-state index is 0.673. The van der Waals surface area contributed by atoms with Gasteiger partial charge in [-0.15, -0.1) is 0 Å². The van der Waals surface area contributed by atoms with Crippen molar-refractivity contribution in [2.75, 3.05) is 17.2 Å². The van der Waals surface area contributed by atoms with Gasteiger partial charge in [0.1, 0.15) is 6.07 Å². The van der Waals surface area contributed by atoms with Crippen LogP contribution in [0, 0.1) is 18.3 Å². The lowest BCUT2D eigenvalue weighted by Gasteiger charge is -2.19. The molecule has 20 heavy (non-hydrogen) atoms. The smallest absolute Gasteiger partial charge is 0.101 e. The molecule has 0 unspecified atom stereocenters. The first-order valence-corrected chi connectivity index (χ1v) is 6.91. The van der Waals surface area contributed by atoms with E-state index in [0.29, 0.717) is 5.56 Å². The van der Waals surface area contributed by atoms with Gasteiger partial charge >= 0.3 is 0 Å². The number of rotatable bonds is 2. The van der Waals surface area contributed by atoms with Gasteiger partial charge in [-0.3, -0.25) is 0 Å². The summed E-state index contributed by atoms with van der Waals surface area (Å²) in [6, 6.07) is 14.4. The molecule has 0 bridgehead atoms. The zero-order valence-electron chi connectivity index (χ0n) is 11.5. The Hall–Kier alpha value is -2.47. The molecule has 2 N–H and O–H groups in total. The average molecular weight is 263 g/mol. The Morgan fingerprint density at radius 1 is 1.20 bits per heavy atom. The number of anilines is 3. The van der Waals surface area contributed by atoms with Crippen LogP contribution >= 0.6 is 0 Å². The molecule has 0 amide bonds. The highest BCUT2D eigenvalue weighted by atomic mass is 14.9. The summed E-state index contributed by atoms with van der Waals surface area (Å²) in [6.07, 6.45) is 2.28. The molecule has 3 rings (SSSR count). The minimum absolute atomic E-state index is 0.673. The van der Waals surface area contributed by atoms with Gasteiger partial charge in [0.05, 0.1) is 11.3 Å². The van der Waals surface area contributed by atoms with Gasteiger partial charge < -0.3 is 10.6 Å². The van der Waals surface area contributed by atoms with Crippen molar-refractivity contribution < 1.29 is 0 Å². The van der Waals surface area contributed by atoms with Crippen molar-refractivity contribution in [1.82, 2.24) is 0 Å². The van der Waals surface area contributed by atoms with E-state index in [-0.39, 0.29) is 0 Å². The van der Waals surface area contributed by atoms with Gasteiger partial charge in [0.15, 0.2) is 0 Å². The van der Waals surface area contributed by atoms with Gasteiger partial charge in [-0.2, -0.15) is 5.26 Å². The van der Waals surface area contributed by atoms with E-state index in [1.54, 1.807) is 0 Å². The molecule has 100 valence electrons. The van der Waals surface area contributed by atoms with E-state index in [1.165, 1.54) is 17.7 Å². The van der Waals surface area contributed by atoms with Crippen LogP contribution in [0.15, 0.2) is 36.4 Å². The Kier molecular flexibility index (Phi) is 3.30. The van der Waals surface area contributed by atoms with Gasteiger partial charge in [-0.05, 0) is 61.2 Å². The lowest BCUT2D eigenvalue weighted by Crippen LogP contribution is -2.11. The predicted octanol–water partition coefficient (Wildman–Crippen LogP) is 3.97. The van der Waals surface area contributed by atoms with E-state index in [0.717, 1.165) is 29.9 Å². The topological polar surface area (TPSA) is 47.9 Å². The predicted molar refractivity (Wildman–Crippen MR) is 82.4 cm³/mol. The molecule has 0 aromatic heterocycles. The zero-order chi connectivity index (χ0) is 13.9. The second-order valence-electron chi connectivity index (χ2n) is 5.19. The molecular weight excluding hydrogens is 246 g/mol. The van der Waals surface area contributed by atoms with Crippen molar-refractivity contribution in [3.05, 3.63) is 53.1 Å². The molecule has 0 saturated heterocycles. The molecule has 3 heteroatoms. The molecule has 1 aliphatic heterocycles. The molecule has 0 aliphatic carbocycles. The highest BCUT2D eigenvalue weighted by Gasteiger charge is 2.09. The molecule has 0 fully saturated rings. The standard InChI is InChI=1S/C17H17N3/c1-12-4-5-14(11-18)17(9-12)20-15-6-7-16-13(10-15)3-2-8-19-16/h4-7,9-10,19-20H,2-3,8H2,1H3. The maximum absolute atomic E-state index is 9.18. The van der Waals surface area contributed by atoms with Gasteiger partial charge in [-0.25, -0.2) is 0 Å². The monoisotopic (exact) mass is 263 g/mol. The van der Waals surface area contributed by atoms with Gasteiger partial charge in [0.25, 0.3) is 0 Å². The average Bonchev–Trinajstić information content (AvgIpc) is 2.47. The zero-order valence-corrected chi connectivity index (χ0v) is 11.5. The fourth-order valence-electron chi connectivity index (χ4n) is 2.57. The third kappa shape index (κ3) is 2.46. The van der Waals surface area contributed by atoms with Crippen molar-refractivity contribution in [3.63, 3.8) is 0 Å². The van der Waals surface area contributed by atoms with Crippen LogP contribution in [0.25, 0.3) is 0 Å². The van der Waals surface area contributed by atoms with Gasteiger partial charge in [0.2, 0.25) is 0 Å². The molecule has 0 radical (unpaired) electrons. The summed E-state index contributed by atoms with van der Waals surface area (Å²) in [5.74, 6) is 0. The summed E-state index contributed by atoms with van der Waals surface area (Å²) in [5.41, 5.74) is 6.29. The number of benzene rings is 2. The lowest BCUT2D eigenvalue weighted by atomic mass is 10.0. The third-order valence-corrected chi connectivity index (χ3v) is 3.62. The Balaban J connectivity index is 1.92. The van der Waals surface area contributed by atoms with Crippen LogP contribution in [0.5, 0.6) is 0 Å². The number of nitrogens with zero attached hydrogens (tertiary/aromatic N) is 1.